The second-order valence-corrected chi connectivity index (χ2v) is 5.13. The summed E-state index contributed by atoms with van der Waals surface area (Å²) in [6, 6.07) is 6.13. The van der Waals surface area contributed by atoms with Gasteiger partial charge in [0.25, 0.3) is 5.91 Å². The Labute approximate surface area is 129 Å². The third-order valence-electron chi connectivity index (χ3n) is 3.70. The van der Waals surface area contributed by atoms with Crippen molar-refractivity contribution in [2.45, 2.75) is 6.92 Å². The van der Waals surface area contributed by atoms with Gasteiger partial charge in [0.2, 0.25) is 0 Å². The predicted molar refractivity (Wildman–Crippen MR) is 82.0 cm³/mol. The third kappa shape index (κ3) is 3.82. The average Bonchev–Trinajstić information content (AvgIpc) is 2.54. The van der Waals surface area contributed by atoms with E-state index >= 15 is 0 Å². The summed E-state index contributed by atoms with van der Waals surface area (Å²) in [5.74, 6) is -2.17. The van der Waals surface area contributed by atoms with Crippen LogP contribution >= 0.6 is 0 Å². The van der Waals surface area contributed by atoms with Crippen LogP contribution in [0.25, 0.3) is 0 Å². The Morgan fingerprint density at radius 3 is 2.23 bits per heavy atom. The fraction of sp³-hybridized carbons (Fsp3) is 0.400. The van der Waals surface area contributed by atoms with Crippen LogP contribution < -0.4 is 11.1 Å². The van der Waals surface area contributed by atoms with E-state index in [1.165, 1.54) is 17.0 Å². The largest absolute Gasteiger partial charge is 0.399 e. The number of rotatable bonds is 2. The summed E-state index contributed by atoms with van der Waals surface area (Å²) in [6.07, 6.45) is 0. The highest BCUT2D eigenvalue weighted by molar-refractivity contribution is 6.38. The third-order valence-corrected chi connectivity index (χ3v) is 3.70. The van der Waals surface area contributed by atoms with Crippen molar-refractivity contribution in [2.75, 3.05) is 38.5 Å². The number of piperazine rings is 1. The van der Waals surface area contributed by atoms with Gasteiger partial charge in [-0.2, -0.15) is 0 Å². The standard InChI is InChI=1S/C15H20N4O3/c1-2-18-7-9-19(10-8-18)15(22)14(21)17-13(20)11-3-5-12(16)6-4-11/h3-6H,2,7-10,16H2,1H3,(H,17,20,21). The summed E-state index contributed by atoms with van der Waals surface area (Å²) in [5.41, 5.74) is 6.34. The first-order chi connectivity index (χ1) is 10.5. The minimum absolute atomic E-state index is 0.283. The molecule has 3 amide bonds. The van der Waals surface area contributed by atoms with Gasteiger partial charge in [0.1, 0.15) is 0 Å². The number of hydrogen-bond acceptors (Lipinski definition) is 5. The first-order valence-electron chi connectivity index (χ1n) is 7.23. The van der Waals surface area contributed by atoms with Gasteiger partial charge in [0.05, 0.1) is 0 Å². The summed E-state index contributed by atoms with van der Waals surface area (Å²) >= 11 is 0. The molecular formula is C15H20N4O3. The number of nitrogens with zero attached hydrogens (tertiary/aromatic N) is 2. The Morgan fingerprint density at radius 2 is 1.68 bits per heavy atom. The zero-order valence-corrected chi connectivity index (χ0v) is 12.5. The summed E-state index contributed by atoms with van der Waals surface area (Å²) in [6.45, 7) is 5.44. The zero-order chi connectivity index (χ0) is 16.1. The minimum atomic E-state index is -0.897. The molecule has 1 aromatic rings. The molecule has 1 aliphatic rings. The highest BCUT2D eigenvalue weighted by Crippen LogP contribution is 2.06. The number of amides is 3. The van der Waals surface area contributed by atoms with E-state index in [1.807, 2.05) is 0 Å². The van der Waals surface area contributed by atoms with Crippen molar-refractivity contribution in [1.82, 2.24) is 15.1 Å². The van der Waals surface area contributed by atoms with Crippen molar-refractivity contribution in [3.8, 4) is 0 Å². The van der Waals surface area contributed by atoms with Crippen LogP contribution in [0.15, 0.2) is 24.3 Å². The van der Waals surface area contributed by atoms with Gasteiger partial charge in [-0.05, 0) is 30.8 Å². The number of carbonyl (C=O) groups is 3. The Kier molecular flexibility index (Phi) is 5.11. The first-order valence-corrected chi connectivity index (χ1v) is 7.23. The van der Waals surface area contributed by atoms with Gasteiger partial charge < -0.3 is 15.5 Å². The molecule has 3 N–H and O–H groups in total. The first kappa shape index (κ1) is 16.0. The highest BCUT2D eigenvalue weighted by atomic mass is 16.2. The highest BCUT2D eigenvalue weighted by Gasteiger charge is 2.26. The van der Waals surface area contributed by atoms with Gasteiger partial charge in [-0.1, -0.05) is 6.92 Å². The normalized spacial score (nSPS) is 15.4. The molecule has 1 heterocycles. The summed E-state index contributed by atoms with van der Waals surface area (Å²) in [5, 5.41) is 2.11. The number of likely N-dealkylation sites (N-methyl/N-ethyl adjacent to an activating group) is 1. The van der Waals surface area contributed by atoms with Gasteiger partial charge in [0, 0.05) is 37.4 Å². The van der Waals surface area contributed by atoms with E-state index in [1.54, 1.807) is 12.1 Å². The molecule has 1 aliphatic heterocycles. The fourth-order valence-corrected chi connectivity index (χ4v) is 2.27. The summed E-state index contributed by atoms with van der Waals surface area (Å²) in [4.78, 5) is 39.5. The molecule has 1 saturated heterocycles. The zero-order valence-electron chi connectivity index (χ0n) is 12.5. The van der Waals surface area contributed by atoms with Crippen LogP contribution in [0.5, 0.6) is 0 Å². The van der Waals surface area contributed by atoms with Crippen LogP contribution in [0.2, 0.25) is 0 Å². The van der Waals surface area contributed by atoms with E-state index in [9.17, 15) is 14.4 Å². The second-order valence-electron chi connectivity index (χ2n) is 5.13. The topological polar surface area (TPSA) is 95.7 Å². The lowest BCUT2D eigenvalue weighted by molar-refractivity contribution is -0.146. The van der Waals surface area contributed by atoms with E-state index in [4.69, 9.17) is 5.73 Å². The van der Waals surface area contributed by atoms with Crippen molar-refractivity contribution in [1.29, 1.82) is 0 Å². The molecule has 0 aliphatic carbocycles. The lowest BCUT2D eigenvalue weighted by Crippen LogP contribution is -2.53. The molecule has 0 atom stereocenters. The lowest BCUT2D eigenvalue weighted by atomic mass is 10.2. The Bertz CT molecular complexity index is 563. The van der Waals surface area contributed by atoms with Crippen molar-refractivity contribution in [3.05, 3.63) is 29.8 Å². The van der Waals surface area contributed by atoms with E-state index < -0.39 is 17.7 Å². The fourth-order valence-electron chi connectivity index (χ4n) is 2.27. The van der Waals surface area contributed by atoms with E-state index in [-0.39, 0.29) is 5.56 Å². The molecule has 0 radical (unpaired) electrons. The molecule has 0 aromatic heterocycles. The van der Waals surface area contributed by atoms with Crippen LogP contribution in [0.1, 0.15) is 17.3 Å². The quantitative estimate of drug-likeness (QED) is 0.577. The molecule has 0 spiro atoms. The van der Waals surface area contributed by atoms with Crippen LogP contribution in [0, 0.1) is 0 Å². The Balaban J connectivity index is 1.90. The van der Waals surface area contributed by atoms with Gasteiger partial charge in [-0.15, -0.1) is 0 Å². The average molecular weight is 304 g/mol. The van der Waals surface area contributed by atoms with E-state index in [0.717, 1.165) is 19.6 Å². The summed E-state index contributed by atoms with van der Waals surface area (Å²) < 4.78 is 0. The SMILES string of the molecule is CCN1CCN(C(=O)C(=O)NC(=O)c2ccc(N)cc2)CC1. The molecule has 7 nitrogen and oxygen atoms in total. The summed E-state index contributed by atoms with van der Waals surface area (Å²) in [7, 11) is 0. The molecule has 0 saturated carbocycles. The molecule has 7 heteroatoms. The van der Waals surface area contributed by atoms with Crippen molar-refractivity contribution in [3.63, 3.8) is 0 Å². The molecule has 118 valence electrons. The van der Waals surface area contributed by atoms with Crippen molar-refractivity contribution >= 4 is 23.4 Å². The molecule has 1 fully saturated rings. The number of nitrogen functional groups attached to an aromatic ring is 1. The van der Waals surface area contributed by atoms with Crippen LogP contribution in [0.3, 0.4) is 0 Å². The van der Waals surface area contributed by atoms with E-state index in [0.29, 0.717) is 18.8 Å². The Morgan fingerprint density at radius 1 is 1.09 bits per heavy atom. The van der Waals surface area contributed by atoms with Gasteiger partial charge in [-0.25, -0.2) is 0 Å². The molecule has 0 bridgehead atoms. The Hall–Kier alpha value is -2.41. The molecular weight excluding hydrogens is 284 g/mol. The van der Waals surface area contributed by atoms with Crippen LogP contribution in [-0.2, 0) is 9.59 Å². The number of anilines is 1. The monoisotopic (exact) mass is 304 g/mol. The van der Waals surface area contributed by atoms with Gasteiger partial charge >= 0.3 is 11.8 Å². The van der Waals surface area contributed by atoms with E-state index in [2.05, 4.69) is 17.1 Å². The smallest absolute Gasteiger partial charge is 0.316 e. The number of benzene rings is 1. The minimum Gasteiger partial charge on any atom is -0.399 e. The second kappa shape index (κ2) is 7.04. The lowest BCUT2D eigenvalue weighted by Gasteiger charge is -2.33. The number of carbonyl (C=O) groups excluding carboxylic acids is 3. The maximum absolute atomic E-state index is 12.0. The van der Waals surface area contributed by atoms with Gasteiger partial charge in [-0.3, -0.25) is 19.7 Å². The maximum Gasteiger partial charge on any atom is 0.316 e. The predicted octanol–water partition coefficient (Wildman–Crippen LogP) is -0.311. The molecule has 1 aromatic carbocycles. The number of imide groups is 1. The molecule has 0 unspecified atom stereocenters. The number of hydrogen-bond donors (Lipinski definition) is 2. The van der Waals surface area contributed by atoms with Crippen LogP contribution in [0.4, 0.5) is 5.69 Å². The number of nitrogens with one attached hydrogen (secondary N) is 1. The van der Waals surface area contributed by atoms with Gasteiger partial charge in [0.15, 0.2) is 0 Å². The van der Waals surface area contributed by atoms with Crippen LogP contribution in [-0.4, -0.2) is 60.2 Å². The van der Waals surface area contributed by atoms with Crippen molar-refractivity contribution in [2.24, 2.45) is 0 Å². The molecule has 22 heavy (non-hydrogen) atoms. The maximum atomic E-state index is 12.0. The number of nitrogens with two attached hydrogens (primary N) is 1. The molecule has 2 rings (SSSR count). The van der Waals surface area contributed by atoms with Crippen molar-refractivity contribution < 1.29 is 14.4 Å².